The minimum Gasteiger partial charge on any atom is -0.369 e. The van der Waals surface area contributed by atoms with E-state index in [9.17, 15) is 15.2 Å². The van der Waals surface area contributed by atoms with Gasteiger partial charge in [0.1, 0.15) is 11.8 Å². The Balaban J connectivity index is 1.50. The fraction of sp³-hybridized carbons (Fsp3) is 0.280. The number of anilines is 1. The summed E-state index contributed by atoms with van der Waals surface area (Å²) in [6.07, 6.45) is 6.74. The number of fused-ring (bicyclic) bond motifs is 1. The van der Waals surface area contributed by atoms with E-state index in [0.29, 0.717) is 40.3 Å². The molecule has 1 aliphatic rings. The number of carbonyl (C=O) groups excluding carboxylic acids is 1. The molecule has 3 aromatic heterocycles. The molecule has 1 saturated heterocycles. The van der Waals surface area contributed by atoms with Gasteiger partial charge in [0, 0.05) is 31.0 Å². The fourth-order valence-electron chi connectivity index (χ4n) is 4.22. The highest BCUT2D eigenvalue weighted by Crippen LogP contribution is 2.25. The normalized spacial score (nSPS) is 14.5. The van der Waals surface area contributed by atoms with Gasteiger partial charge in [-0.3, -0.25) is 9.36 Å². The number of nitrogens with one attached hydrogen (secondary N) is 1. The van der Waals surface area contributed by atoms with Crippen molar-refractivity contribution in [3.8, 4) is 6.07 Å². The molecule has 4 aromatic rings. The van der Waals surface area contributed by atoms with Gasteiger partial charge in [0.15, 0.2) is 11.9 Å². The summed E-state index contributed by atoms with van der Waals surface area (Å²) in [6, 6.07) is 12.3. The van der Waals surface area contributed by atoms with Crippen molar-refractivity contribution in [2.75, 3.05) is 18.4 Å². The number of piperidine rings is 1. The quantitative estimate of drug-likeness (QED) is 0.413. The smallest absolute Gasteiger partial charge is 0.255 e. The average Bonchev–Trinajstić information content (AvgIpc) is 3.25. The first-order valence-electron chi connectivity index (χ1n) is 11.5. The predicted molar refractivity (Wildman–Crippen MR) is 128 cm³/mol. The molecule has 0 radical (unpaired) electrons. The van der Waals surface area contributed by atoms with Crippen LogP contribution in [0.15, 0.2) is 55.1 Å². The molecule has 5 rings (SSSR count). The Morgan fingerprint density at radius 3 is 2.80 bits per heavy atom. The van der Waals surface area contributed by atoms with Gasteiger partial charge in [-0.15, -0.1) is 0 Å². The van der Waals surface area contributed by atoms with Crippen LogP contribution in [0.25, 0.3) is 11.2 Å². The van der Waals surface area contributed by atoms with Gasteiger partial charge in [0.25, 0.3) is 5.91 Å². The molecule has 1 fully saturated rings. The molecule has 0 aliphatic carbocycles. The maximum Gasteiger partial charge on any atom is 0.255 e. The molecule has 2 N–H and O–H groups in total. The number of rotatable bonds is 6. The molecular weight excluding hydrogens is 444 g/mol. The van der Waals surface area contributed by atoms with Crippen LogP contribution in [-0.2, 0) is 6.54 Å². The van der Waals surface area contributed by atoms with Crippen molar-refractivity contribution in [1.29, 1.82) is 5.26 Å². The molecule has 0 saturated carbocycles. The van der Waals surface area contributed by atoms with Crippen molar-refractivity contribution in [3.63, 3.8) is 0 Å². The van der Waals surface area contributed by atoms with Gasteiger partial charge >= 0.3 is 0 Å². The van der Waals surface area contributed by atoms with E-state index in [-0.39, 0.29) is 5.91 Å². The topological polar surface area (TPSA) is 133 Å². The fourth-order valence-corrected chi connectivity index (χ4v) is 4.22. The van der Waals surface area contributed by atoms with Crippen molar-refractivity contribution in [3.05, 3.63) is 77.5 Å². The lowest BCUT2D eigenvalue weighted by Gasteiger charge is -2.26. The number of carbonyl (C=O) groups is 1. The summed E-state index contributed by atoms with van der Waals surface area (Å²) < 4.78 is 1.80. The molecular formula is C25H24N8O2. The molecule has 1 amide bonds. The third-order valence-electron chi connectivity index (χ3n) is 6.04. The van der Waals surface area contributed by atoms with Gasteiger partial charge in [-0.25, -0.2) is 19.9 Å². The Kier molecular flexibility index (Phi) is 6.32. The number of aliphatic hydroxyl groups is 1. The standard InChI is InChI=1S/C25H24N8O2/c26-13-17-5-4-6-18(11-17)23(34)31-25-30-21-12-19(24(35)32-9-2-1-3-10-32)14-28-22(21)33(25)15-20-7-8-27-16-29-20/h4-8,11-12,14,16,23,34H,1-3,9-10,15H2,(H,30,31). The van der Waals surface area contributed by atoms with Crippen molar-refractivity contribution >= 4 is 23.0 Å². The maximum atomic E-state index is 13.0. The van der Waals surface area contributed by atoms with Crippen molar-refractivity contribution in [2.24, 2.45) is 0 Å². The van der Waals surface area contributed by atoms with Crippen molar-refractivity contribution in [2.45, 2.75) is 32.0 Å². The van der Waals surface area contributed by atoms with Crippen molar-refractivity contribution < 1.29 is 9.90 Å². The minimum absolute atomic E-state index is 0.0488. The number of aliphatic hydroxyl groups excluding tert-OH is 1. The summed E-state index contributed by atoms with van der Waals surface area (Å²) in [5.41, 5.74) is 3.28. The summed E-state index contributed by atoms with van der Waals surface area (Å²) in [4.78, 5) is 32.3. The molecule has 1 aromatic carbocycles. The van der Waals surface area contributed by atoms with Crippen molar-refractivity contribution in [1.82, 2.24) is 29.4 Å². The lowest BCUT2D eigenvalue weighted by molar-refractivity contribution is 0.0724. The molecule has 10 nitrogen and oxygen atoms in total. The Morgan fingerprint density at radius 2 is 2.03 bits per heavy atom. The first-order valence-corrected chi connectivity index (χ1v) is 11.5. The molecule has 0 bridgehead atoms. The second-order valence-electron chi connectivity index (χ2n) is 8.43. The van der Waals surface area contributed by atoms with Crippen LogP contribution in [0.3, 0.4) is 0 Å². The van der Waals surface area contributed by atoms with E-state index < -0.39 is 6.23 Å². The summed E-state index contributed by atoms with van der Waals surface area (Å²) >= 11 is 0. The number of nitrogens with zero attached hydrogens (tertiary/aromatic N) is 7. The number of imidazole rings is 1. The molecule has 1 unspecified atom stereocenters. The molecule has 0 spiro atoms. The third kappa shape index (κ3) is 4.81. The number of likely N-dealkylation sites (tertiary alicyclic amines) is 1. The molecule has 10 heteroatoms. The zero-order valence-electron chi connectivity index (χ0n) is 19.0. The lowest BCUT2D eigenvalue weighted by Crippen LogP contribution is -2.35. The van der Waals surface area contributed by atoms with Crippen LogP contribution < -0.4 is 5.32 Å². The van der Waals surface area contributed by atoms with Gasteiger partial charge in [-0.2, -0.15) is 5.26 Å². The Hall–Kier alpha value is -4.36. The highest BCUT2D eigenvalue weighted by molar-refractivity contribution is 5.96. The van der Waals surface area contributed by atoms with Gasteiger partial charge in [0.05, 0.1) is 29.4 Å². The highest BCUT2D eigenvalue weighted by Gasteiger charge is 2.22. The third-order valence-corrected chi connectivity index (χ3v) is 6.04. The molecule has 1 aliphatic heterocycles. The summed E-state index contributed by atoms with van der Waals surface area (Å²) in [5, 5.41) is 23.0. The SMILES string of the molecule is N#Cc1cccc(C(O)Nc2nc3cc(C(=O)N4CCCCC4)cnc3n2Cc2ccncn2)c1. The predicted octanol–water partition coefficient (Wildman–Crippen LogP) is 2.87. The molecule has 176 valence electrons. The maximum absolute atomic E-state index is 13.0. The minimum atomic E-state index is -1.11. The van der Waals surface area contributed by atoms with Crippen LogP contribution in [0.1, 0.15) is 52.7 Å². The number of benzene rings is 1. The van der Waals surface area contributed by atoms with E-state index in [1.807, 2.05) is 4.90 Å². The van der Waals surface area contributed by atoms with Gasteiger partial charge < -0.3 is 15.3 Å². The summed E-state index contributed by atoms with van der Waals surface area (Å²) in [7, 11) is 0. The van der Waals surface area contributed by atoms with Crippen LogP contribution in [0.5, 0.6) is 0 Å². The summed E-state index contributed by atoms with van der Waals surface area (Å²) in [6.45, 7) is 1.83. The zero-order valence-corrected chi connectivity index (χ0v) is 19.0. The van der Waals surface area contributed by atoms with E-state index in [4.69, 9.17) is 0 Å². The van der Waals surface area contributed by atoms with Gasteiger partial charge in [-0.05, 0) is 43.5 Å². The Bertz CT molecular complexity index is 1390. The Morgan fingerprint density at radius 1 is 1.17 bits per heavy atom. The van der Waals surface area contributed by atoms with Gasteiger partial charge in [0.2, 0.25) is 5.95 Å². The largest absolute Gasteiger partial charge is 0.369 e. The van der Waals surface area contributed by atoms with E-state index in [0.717, 1.165) is 38.0 Å². The monoisotopic (exact) mass is 468 g/mol. The number of pyridine rings is 1. The highest BCUT2D eigenvalue weighted by atomic mass is 16.3. The van der Waals surface area contributed by atoms with Crippen LogP contribution >= 0.6 is 0 Å². The first-order chi connectivity index (χ1) is 17.1. The van der Waals surface area contributed by atoms with E-state index >= 15 is 0 Å². The molecule has 35 heavy (non-hydrogen) atoms. The first kappa shape index (κ1) is 22.4. The lowest BCUT2D eigenvalue weighted by atomic mass is 10.1. The van der Waals surface area contributed by atoms with Crippen LogP contribution in [0.4, 0.5) is 5.95 Å². The number of hydrogen-bond acceptors (Lipinski definition) is 8. The second kappa shape index (κ2) is 9.87. The average molecular weight is 469 g/mol. The molecule has 4 heterocycles. The number of amides is 1. The molecule has 1 atom stereocenters. The van der Waals surface area contributed by atoms with Crippen LogP contribution in [0.2, 0.25) is 0 Å². The van der Waals surface area contributed by atoms with E-state index in [1.54, 1.807) is 53.4 Å². The van der Waals surface area contributed by atoms with Crippen LogP contribution in [0, 0.1) is 11.3 Å². The number of nitriles is 1. The second-order valence-corrected chi connectivity index (χ2v) is 8.43. The van der Waals surface area contributed by atoms with Crippen LogP contribution in [-0.4, -0.2) is 53.5 Å². The van der Waals surface area contributed by atoms with Gasteiger partial charge in [-0.1, -0.05) is 12.1 Å². The number of aromatic nitrogens is 5. The number of hydrogen-bond donors (Lipinski definition) is 2. The van der Waals surface area contributed by atoms with E-state index in [1.165, 1.54) is 6.33 Å². The Labute approximate surface area is 201 Å². The van der Waals surface area contributed by atoms with E-state index in [2.05, 4.69) is 31.3 Å². The summed E-state index contributed by atoms with van der Waals surface area (Å²) in [5.74, 6) is 0.316. The zero-order chi connectivity index (χ0) is 24.2.